The lowest BCUT2D eigenvalue weighted by atomic mass is 10.1. The van der Waals surface area contributed by atoms with Gasteiger partial charge in [0.25, 0.3) is 10.0 Å². The van der Waals surface area contributed by atoms with Crippen molar-refractivity contribution in [3.05, 3.63) is 47.3 Å². The molecular weight excluding hydrogens is 312 g/mol. The van der Waals surface area contributed by atoms with Gasteiger partial charge in [0.2, 0.25) is 0 Å². The van der Waals surface area contributed by atoms with Crippen LogP contribution in [-0.2, 0) is 17.1 Å². The van der Waals surface area contributed by atoms with Crippen LogP contribution in [0.3, 0.4) is 0 Å². The summed E-state index contributed by atoms with van der Waals surface area (Å²) in [6.07, 6.45) is 1.50. The van der Waals surface area contributed by atoms with E-state index in [1.54, 1.807) is 36.0 Å². The topological polar surface area (TPSA) is 76.9 Å². The van der Waals surface area contributed by atoms with Crippen LogP contribution in [0.4, 0.5) is 5.69 Å². The summed E-state index contributed by atoms with van der Waals surface area (Å²) in [5.41, 5.74) is 3.94. The second-order valence-corrected chi connectivity index (χ2v) is 7.34. The highest BCUT2D eigenvalue weighted by Crippen LogP contribution is 2.22. The third-order valence-electron chi connectivity index (χ3n) is 3.90. The van der Waals surface area contributed by atoms with Crippen molar-refractivity contribution in [1.82, 2.24) is 14.8 Å². The van der Waals surface area contributed by atoms with Gasteiger partial charge in [0.1, 0.15) is 0 Å². The van der Waals surface area contributed by atoms with E-state index in [1.807, 2.05) is 20.8 Å². The monoisotopic (exact) mass is 330 g/mol. The van der Waals surface area contributed by atoms with Crippen molar-refractivity contribution < 1.29 is 8.42 Å². The smallest absolute Gasteiger partial charge is 0.261 e. The molecule has 0 bridgehead atoms. The predicted molar refractivity (Wildman–Crippen MR) is 90.0 cm³/mol. The van der Waals surface area contributed by atoms with Crippen molar-refractivity contribution in [1.29, 1.82) is 0 Å². The highest BCUT2D eigenvalue weighted by molar-refractivity contribution is 7.92. The van der Waals surface area contributed by atoms with Crippen molar-refractivity contribution in [2.45, 2.75) is 25.7 Å². The molecule has 3 aromatic rings. The molecule has 0 saturated carbocycles. The van der Waals surface area contributed by atoms with Gasteiger partial charge in [0, 0.05) is 12.4 Å². The third-order valence-corrected chi connectivity index (χ3v) is 5.28. The lowest BCUT2D eigenvalue weighted by Crippen LogP contribution is -2.13. The van der Waals surface area contributed by atoms with Gasteiger partial charge in [-0.3, -0.25) is 9.40 Å². The molecule has 2 heterocycles. The number of aromatic nitrogens is 3. The number of nitrogens with one attached hydrogen (secondary N) is 1. The predicted octanol–water partition coefficient (Wildman–Crippen LogP) is 2.69. The number of hydrogen-bond acceptors (Lipinski definition) is 4. The minimum absolute atomic E-state index is 0.239. The van der Waals surface area contributed by atoms with Crippen LogP contribution >= 0.6 is 0 Å². The second kappa shape index (κ2) is 5.34. The molecule has 0 radical (unpaired) electrons. The summed E-state index contributed by atoms with van der Waals surface area (Å²) >= 11 is 0. The van der Waals surface area contributed by atoms with Crippen LogP contribution in [0.2, 0.25) is 0 Å². The van der Waals surface area contributed by atoms with E-state index in [0.717, 1.165) is 27.9 Å². The molecule has 120 valence electrons. The molecule has 0 unspecified atom stereocenters. The number of benzene rings is 1. The highest BCUT2D eigenvalue weighted by Gasteiger charge is 2.16. The first-order chi connectivity index (χ1) is 10.8. The van der Waals surface area contributed by atoms with Crippen molar-refractivity contribution in [3.63, 3.8) is 0 Å². The zero-order chi connectivity index (χ0) is 16.8. The lowest BCUT2D eigenvalue weighted by Gasteiger charge is -2.09. The van der Waals surface area contributed by atoms with E-state index >= 15 is 0 Å². The zero-order valence-electron chi connectivity index (χ0n) is 13.5. The van der Waals surface area contributed by atoms with Gasteiger partial charge in [0.05, 0.1) is 22.5 Å². The summed E-state index contributed by atoms with van der Waals surface area (Å²) in [6.45, 7) is 5.70. The van der Waals surface area contributed by atoms with Crippen LogP contribution in [0.1, 0.15) is 16.8 Å². The average molecular weight is 330 g/mol. The van der Waals surface area contributed by atoms with Gasteiger partial charge in [0.15, 0.2) is 5.65 Å². The maximum absolute atomic E-state index is 12.5. The van der Waals surface area contributed by atoms with E-state index in [-0.39, 0.29) is 4.90 Å². The number of fused-ring (bicyclic) bond motifs is 1. The highest BCUT2D eigenvalue weighted by atomic mass is 32.2. The second-order valence-electron chi connectivity index (χ2n) is 5.66. The average Bonchev–Trinajstić information content (AvgIpc) is 2.76. The Balaban J connectivity index is 1.99. The number of nitrogens with zero attached hydrogens (tertiary/aromatic N) is 3. The Morgan fingerprint density at radius 2 is 1.83 bits per heavy atom. The van der Waals surface area contributed by atoms with Crippen molar-refractivity contribution in [2.75, 3.05) is 4.72 Å². The number of rotatable bonds is 3. The number of sulfonamides is 1. The van der Waals surface area contributed by atoms with E-state index in [9.17, 15) is 8.42 Å². The maximum Gasteiger partial charge on any atom is 0.261 e. The first-order valence-electron chi connectivity index (χ1n) is 7.17. The van der Waals surface area contributed by atoms with E-state index in [2.05, 4.69) is 14.8 Å². The van der Waals surface area contributed by atoms with Gasteiger partial charge in [-0.1, -0.05) is 6.07 Å². The van der Waals surface area contributed by atoms with Crippen LogP contribution in [0.15, 0.2) is 35.4 Å². The number of hydrogen-bond donors (Lipinski definition) is 1. The van der Waals surface area contributed by atoms with Crippen LogP contribution in [0.5, 0.6) is 0 Å². The molecule has 1 aromatic carbocycles. The number of pyridine rings is 1. The molecule has 2 aromatic heterocycles. The molecule has 0 amide bonds. The summed E-state index contributed by atoms with van der Waals surface area (Å²) in [5, 5.41) is 5.11. The quantitative estimate of drug-likeness (QED) is 0.801. The minimum atomic E-state index is -3.64. The largest absolute Gasteiger partial charge is 0.278 e. The standard InChI is InChI=1S/C16H18N4O2S/c1-10-5-6-14(7-11(10)2)23(21,22)19-13-8-15-12(3)18-20(4)16(15)17-9-13/h5-9,19H,1-4H3. The Hall–Kier alpha value is -2.41. The fraction of sp³-hybridized carbons (Fsp3) is 0.250. The lowest BCUT2D eigenvalue weighted by molar-refractivity contribution is 0.601. The van der Waals surface area contributed by atoms with Gasteiger partial charge in [-0.2, -0.15) is 5.10 Å². The van der Waals surface area contributed by atoms with Crippen molar-refractivity contribution >= 4 is 26.7 Å². The summed E-state index contributed by atoms with van der Waals surface area (Å²) in [5.74, 6) is 0. The molecule has 0 aliphatic heterocycles. The summed E-state index contributed by atoms with van der Waals surface area (Å²) in [4.78, 5) is 4.52. The third kappa shape index (κ3) is 2.79. The molecule has 0 aliphatic carbocycles. The van der Waals surface area contributed by atoms with Gasteiger partial charge in [-0.15, -0.1) is 0 Å². The molecule has 0 spiro atoms. The van der Waals surface area contributed by atoms with Crippen molar-refractivity contribution in [3.8, 4) is 0 Å². The van der Waals surface area contributed by atoms with Crippen molar-refractivity contribution in [2.24, 2.45) is 7.05 Å². The van der Waals surface area contributed by atoms with Crippen LogP contribution in [0, 0.1) is 20.8 Å². The number of aryl methyl sites for hydroxylation is 4. The first-order valence-corrected chi connectivity index (χ1v) is 8.66. The minimum Gasteiger partial charge on any atom is -0.278 e. The Labute approximate surface area is 135 Å². The molecule has 3 rings (SSSR count). The molecule has 0 atom stereocenters. The Bertz CT molecular complexity index is 1010. The Morgan fingerprint density at radius 1 is 1.09 bits per heavy atom. The molecule has 7 heteroatoms. The van der Waals surface area contributed by atoms with Crippen LogP contribution < -0.4 is 4.72 Å². The SMILES string of the molecule is Cc1ccc(S(=O)(=O)Nc2cnc3c(c2)c(C)nn3C)cc1C. The van der Waals surface area contributed by atoms with E-state index in [0.29, 0.717) is 5.69 Å². The molecule has 0 aliphatic rings. The maximum atomic E-state index is 12.5. The Kier molecular flexibility index (Phi) is 3.60. The fourth-order valence-corrected chi connectivity index (χ4v) is 3.58. The molecule has 23 heavy (non-hydrogen) atoms. The van der Waals surface area contributed by atoms with Gasteiger partial charge in [-0.25, -0.2) is 13.4 Å². The normalized spacial score (nSPS) is 11.8. The zero-order valence-corrected chi connectivity index (χ0v) is 14.3. The molecule has 0 fully saturated rings. The fourth-order valence-electron chi connectivity index (χ4n) is 2.46. The molecule has 1 N–H and O–H groups in total. The summed E-state index contributed by atoms with van der Waals surface area (Å²) < 4.78 is 29.3. The van der Waals surface area contributed by atoms with Gasteiger partial charge < -0.3 is 0 Å². The molecule has 6 nitrogen and oxygen atoms in total. The van der Waals surface area contributed by atoms with Crippen LogP contribution in [0.25, 0.3) is 11.0 Å². The summed E-state index contributed by atoms with van der Waals surface area (Å²) in [6, 6.07) is 6.82. The van der Waals surface area contributed by atoms with Gasteiger partial charge in [-0.05, 0) is 50.1 Å². The van der Waals surface area contributed by atoms with E-state index in [1.165, 1.54) is 6.20 Å². The molecular formula is C16H18N4O2S. The molecule has 0 saturated heterocycles. The van der Waals surface area contributed by atoms with E-state index in [4.69, 9.17) is 0 Å². The number of anilines is 1. The first kappa shape index (κ1) is 15.5. The van der Waals surface area contributed by atoms with Gasteiger partial charge >= 0.3 is 0 Å². The van der Waals surface area contributed by atoms with Crippen LogP contribution in [-0.4, -0.2) is 23.2 Å². The van der Waals surface area contributed by atoms with E-state index < -0.39 is 10.0 Å². The Morgan fingerprint density at radius 3 is 2.52 bits per heavy atom. The summed E-state index contributed by atoms with van der Waals surface area (Å²) in [7, 11) is -1.84.